The van der Waals surface area contributed by atoms with E-state index in [0.29, 0.717) is 19.4 Å². The molecule has 0 spiro atoms. The lowest BCUT2D eigenvalue weighted by atomic mass is 10.1. The molecule has 0 bridgehead atoms. The van der Waals surface area contributed by atoms with Crippen molar-refractivity contribution in [1.29, 1.82) is 0 Å². The van der Waals surface area contributed by atoms with E-state index in [4.69, 9.17) is 4.74 Å². The summed E-state index contributed by atoms with van der Waals surface area (Å²) in [5.74, 6) is 0.821. The second kappa shape index (κ2) is 9.32. The lowest BCUT2D eigenvalue weighted by Gasteiger charge is -2.15. The van der Waals surface area contributed by atoms with Crippen LogP contribution in [0.15, 0.2) is 65.7 Å². The third-order valence-electron chi connectivity index (χ3n) is 4.08. The second-order valence-electron chi connectivity index (χ2n) is 6.13. The highest BCUT2D eigenvalue weighted by atomic mass is 79.9. The largest absolute Gasteiger partial charge is 0.494 e. The Bertz CT molecular complexity index is 849. The van der Waals surface area contributed by atoms with E-state index in [2.05, 4.69) is 31.3 Å². The first-order valence-electron chi connectivity index (χ1n) is 8.74. The summed E-state index contributed by atoms with van der Waals surface area (Å²) >= 11 is 3.39. The molecule has 2 aromatic carbocycles. The Balaban J connectivity index is 1.41. The van der Waals surface area contributed by atoms with Crippen LogP contribution in [0.4, 0.5) is 0 Å². The van der Waals surface area contributed by atoms with Crippen LogP contribution in [0, 0.1) is 0 Å². The molecule has 0 radical (unpaired) electrons. The van der Waals surface area contributed by atoms with E-state index in [9.17, 15) is 4.79 Å². The standard InChI is InChI=1S/C20H21BrN4O2/c1-15(16-4-8-18(9-5-16)25-14-22-13-23-25)24-20(26)3-2-12-27-19-10-6-17(21)7-11-19/h4-11,13-15H,2-3,12H2,1H3,(H,24,26). The Kier molecular flexibility index (Phi) is 6.59. The number of amides is 1. The highest BCUT2D eigenvalue weighted by molar-refractivity contribution is 9.10. The van der Waals surface area contributed by atoms with Crippen LogP contribution in [-0.4, -0.2) is 27.3 Å². The maximum atomic E-state index is 12.1. The highest BCUT2D eigenvalue weighted by Gasteiger charge is 2.10. The number of ether oxygens (including phenoxy) is 1. The number of aromatic nitrogens is 3. The third-order valence-corrected chi connectivity index (χ3v) is 4.61. The third kappa shape index (κ3) is 5.65. The minimum atomic E-state index is -0.0605. The first-order valence-corrected chi connectivity index (χ1v) is 9.54. The van der Waals surface area contributed by atoms with Crippen LogP contribution in [0.25, 0.3) is 5.69 Å². The van der Waals surface area contributed by atoms with E-state index in [1.165, 1.54) is 6.33 Å². The van der Waals surface area contributed by atoms with E-state index in [1.807, 2.05) is 55.5 Å². The molecule has 0 aliphatic heterocycles. The molecule has 7 heteroatoms. The van der Waals surface area contributed by atoms with Crippen molar-refractivity contribution >= 4 is 21.8 Å². The first-order chi connectivity index (χ1) is 13.1. The SMILES string of the molecule is CC(NC(=O)CCCOc1ccc(Br)cc1)c1ccc(-n2cncn2)cc1. The topological polar surface area (TPSA) is 69.0 Å². The van der Waals surface area contributed by atoms with Crippen molar-refractivity contribution in [3.05, 3.63) is 71.2 Å². The molecule has 27 heavy (non-hydrogen) atoms. The van der Waals surface area contributed by atoms with Crippen LogP contribution in [0.5, 0.6) is 5.75 Å². The maximum Gasteiger partial charge on any atom is 0.220 e. The van der Waals surface area contributed by atoms with Gasteiger partial charge >= 0.3 is 0 Å². The summed E-state index contributed by atoms with van der Waals surface area (Å²) in [5.41, 5.74) is 1.97. The van der Waals surface area contributed by atoms with Gasteiger partial charge in [0.05, 0.1) is 18.3 Å². The summed E-state index contributed by atoms with van der Waals surface area (Å²) in [4.78, 5) is 16.1. The van der Waals surface area contributed by atoms with Gasteiger partial charge in [0, 0.05) is 10.9 Å². The summed E-state index contributed by atoms with van der Waals surface area (Å²) in [6.07, 6.45) is 4.24. The monoisotopic (exact) mass is 428 g/mol. The molecule has 1 heterocycles. The first kappa shape index (κ1) is 19.1. The predicted octanol–water partition coefficient (Wildman–Crippen LogP) is 4.07. The zero-order valence-corrected chi connectivity index (χ0v) is 16.6. The minimum absolute atomic E-state index is 0.0160. The molecule has 1 unspecified atom stereocenters. The summed E-state index contributed by atoms with van der Waals surface area (Å²) in [6.45, 7) is 2.48. The number of rotatable bonds is 8. The zero-order valence-electron chi connectivity index (χ0n) is 15.0. The van der Waals surface area contributed by atoms with Crippen LogP contribution >= 0.6 is 15.9 Å². The number of hydrogen-bond donors (Lipinski definition) is 1. The highest BCUT2D eigenvalue weighted by Crippen LogP contribution is 2.17. The normalized spacial score (nSPS) is 11.8. The molecule has 0 aliphatic rings. The molecule has 0 saturated heterocycles. The smallest absolute Gasteiger partial charge is 0.220 e. The van der Waals surface area contributed by atoms with Crippen molar-refractivity contribution < 1.29 is 9.53 Å². The van der Waals surface area contributed by atoms with Crippen molar-refractivity contribution in [2.24, 2.45) is 0 Å². The summed E-state index contributed by atoms with van der Waals surface area (Å²) in [6, 6.07) is 15.5. The van der Waals surface area contributed by atoms with Gasteiger partial charge in [-0.25, -0.2) is 9.67 Å². The van der Waals surface area contributed by atoms with Gasteiger partial charge in [-0.05, 0) is 55.3 Å². The van der Waals surface area contributed by atoms with E-state index in [-0.39, 0.29) is 11.9 Å². The molecule has 140 valence electrons. The number of carbonyl (C=O) groups excluding carboxylic acids is 1. The summed E-state index contributed by atoms with van der Waals surface area (Å²) < 4.78 is 8.34. The van der Waals surface area contributed by atoms with Crippen molar-refractivity contribution in [2.45, 2.75) is 25.8 Å². The molecule has 6 nitrogen and oxygen atoms in total. The Morgan fingerprint density at radius 1 is 1.19 bits per heavy atom. The molecular weight excluding hydrogens is 408 g/mol. The summed E-state index contributed by atoms with van der Waals surface area (Å²) in [5, 5.41) is 7.12. The zero-order chi connectivity index (χ0) is 19.1. The van der Waals surface area contributed by atoms with Gasteiger partial charge in [-0.3, -0.25) is 4.79 Å². The van der Waals surface area contributed by atoms with Gasteiger partial charge in [-0.1, -0.05) is 28.1 Å². The summed E-state index contributed by atoms with van der Waals surface area (Å²) in [7, 11) is 0. The Hall–Kier alpha value is -2.67. The van der Waals surface area contributed by atoms with Crippen molar-refractivity contribution in [1.82, 2.24) is 20.1 Å². The van der Waals surface area contributed by atoms with Crippen LogP contribution in [0.3, 0.4) is 0 Å². The Morgan fingerprint density at radius 2 is 1.93 bits per heavy atom. The van der Waals surface area contributed by atoms with Gasteiger partial charge in [-0.2, -0.15) is 5.10 Å². The fourth-order valence-corrected chi connectivity index (χ4v) is 2.87. The number of hydrogen-bond acceptors (Lipinski definition) is 4. The van der Waals surface area contributed by atoms with E-state index in [1.54, 1.807) is 11.0 Å². The van der Waals surface area contributed by atoms with E-state index >= 15 is 0 Å². The van der Waals surface area contributed by atoms with Gasteiger partial charge in [0.2, 0.25) is 5.91 Å². The quantitative estimate of drug-likeness (QED) is 0.549. The molecule has 3 rings (SSSR count). The molecule has 0 saturated carbocycles. The van der Waals surface area contributed by atoms with Crippen LogP contribution < -0.4 is 10.1 Å². The van der Waals surface area contributed by atoms with Crippen LogP contribution in [0.2, 0.25) is 0 Å². The molecule has 1 amide bonds. The fourth-order valence-electron chi connectivity index (χ4n) is 2.61. The second-order valence-corrected chi connectivity index (χ2v) is 7.04. The molecule has 1 atom stereocenters. The fraction of sp³-hybridized carbons (Fsp3) is 0.250. The molecule has 1 aromatic heterocycles. The Morgan fingerprint density at radius 3 is 2.59 bits per heavy atom. The van der Waals surface area contributed by atoms with E-state index in [0.717, 1.165) is 21.5 Å². The van der Waals surface area contributed by atoms with Gasteiger partial charge in [0.1, 0.15) is 18.4 Å². The van der Waals surface area contributed by atoms with Gasteiger partial charge in [0.15, 0.2) is 0 Å². The van der Waals surface area contributed by atoms with Crippen molar-refractivity contribution in [3.63, 3.8) is 0 Å². The minimum Gasteiger partial charge on any atom is -0.494 e. The maximum absolute atomic E-state index is 12.1. The number of nitrogens with zero attached hydrogens (tertiary/aromatic N) is 3. The average molecular weight is 429 g/mol. The number of carbonyl (C=O) groups is 1. The van der Waals surface area contributed by atoms with Gasteiger partial charge in [-0.15, -0.1) is 0 Å². The van der Waals surface area contributed by atoms with Crippen LogP contribution in [0.1, 0.15) is 31.4 Å². The molecular formula is C20H21BrN4O2. The van der Waals surface area contributed by atoms with Gasteiger partial charge in [0.25, 0.3) is 0 Å². The van der Waals surface area contributed by atoms with Gasteiger partial charge < -0.3 is 10.1 Å². The lowest BCUT2D eigenvalue weighted by molar-refractivity contribution is -0.121. The predicted molar refractivity (Wildman–Crippen MR) is 107 cm³/mol. The average Bonchev–Trinajstić information content (AvgIpc) is 3.21. The molecule has 1 N–H and O–H groups in total. The number of halogens is 1. The van der Waals surface area contributed by atoms with Crippen LogP contribution in [-0.2, 0) is 4.79 Å². The Labute approximate surface area is 166 Å². The van der Waals surface area contributed by atoms with Crippen molar-refractivity contribution in [3.8, 4) is 11.4 Å². The lowest BCUT2D eigenvalue weighted by Crippen LogP contribution is -2.26. The molecule has 0 aliphatic carbocycles. The van der Waals surface area contributed by atoms with E-state index < -0.39 is 0 Å². The number of benzene rings is 2. The van der Waals surface area contributed by atoms with Crippen molar-refractivity contribution in [2.75, 3.05) is 6.61 Å². The number of nitrogens with one attached hydrogen (secondary N) is 1. The molecule has 0 fully saturated rings. The molecule has 3 aromatic rings.